The molecule has 2 atom stereocenters. The minimum Gasteiger partial charge on any atom is -0.398 e. The molecule has 0 saturated heterocycles. The molecule has 3 N–H and O–H groups in total. The zero-order chi connectivity index (χ0) is 11.9. The van der Waals surface area contributed by atoms with Crippen molar-refractivity contribution in [3.05, 3.63) is 24.0 Å². The Labute approximate surface area is 93.7 Å². The molecule has 0 heterocycles. The van der Waals surface area contributed by atoms with Crippen LogP contribution in [0, 0.1) is 11.7 Å². The summed E-state index contributed by atoms with van der Waals surface area (Å²) in [7, 11) is -3.84. The van der Waals surface area contributed by atoms with E-state index in [0.717, 1.165) is 12.5 Å². The van der Waals surface area contributed by atoms with Gasteiger partial charge in [-0.1, -0.05) is 13.0 Å². The second-order valence-corrected chi connectivity index (χ2v) is 5.75. The van der Waals surface area contributed by atoms with E-state index in [1.54, 1.807) is 0 Å². The summed E-state index contributed by atoms with van der Waals surface area (Å²) in [6, 6.07) is 3.74. The number of anilines is 1. The van der Waals surface area contributed by atoms with E-state index in [9.17, 15) is 12.8 Å². The molecule has 2 rings (SSSR count). The Morgan fingerprint density at radius 2 is 2.12 bits per heavy atom. The van der Waals surface area contributed by atoms with Crippen molar-refractivity contribution in [2.24, 2.45) is 5.92 Å². The van der Waals surface area contributed by atoms with Crippen molar-refractivity contribution in [2.75, 3.05) is 5.73 Å². The van der Waals surface area contributed by atoms with Gasteiger partial charge in [0.25, 0.3) is 0 Å². The molecule has 0 aromatic heterocycles. The first-order valence-corrected chi connectivity index (χ1v) is 6.46. The summed E-state index contributed by atoms with van der Waals surface area (Å²) in [5.41, 5.74) is 5.41. The Balaban J connectivity index is 2.35. The minimum absolute atomic E-state index is 0.0687. The Hall–Kier alpha value is -1.14. The molecule has 2 unspecified atom stereocenters. The van der Waals surface area contributed by atoms with E-state index in [1.165, 1.54) is 12.1 Å². The fraction of sp³-hybridized carbons (Fsp3) is 0.400. The molecule has 1 aliphatic carbocycles. The third-order valence-corrected chi connectivity index (χ3v) is 4.26. The Morgan fingerprint density at radius 3 is 2.62 bits per heavy atom. The van der Waals surface area contributed by atoms with Gasteiger partial charge in [0.05, 0.1) is 5.69 Å². The van der Waals surface area contributed by atoms with Gasteiger partial charge in [-0.25, -0.2) is 17.5 Å². The van der Waals surface area contributed by atoms with Gasteiger partial charge < -0.3 is 5.73 Å². The van der Waals surface area contributed by atoms with Crippen LogP contribution >= 0.6 is 0 Å². The summed E-state index contributed by atoms with van der Waals surface area (Å²) in [5.74, 6) is -0.511. The van der Waals surface area contributed by atoms with Crippen LogP contribution in [0.25, 0.3) is 0 Å². The van der Waals surface area contributed by atoms with Gasteiger partial charge >= 0.3 is 0 Å². The lowest BCUT2D eigenvalue weighted by Gasteiger charge is -2.09. The third-order valence-electron chi connectivity index (χ3n) is 2.68. The standard InChI is InChI=1S/C10H13FN2O2S/c1-6-5-9(6)13-16(14,15)10-7(11)3-2-4-8(10)12/h2-4,6,9,13H,5,12H2,1H3. The normalized spacial score (nSPS) is 24.4. The fourth-order valence-electron chi connectivity index (χ4n) is 1.55. The van der Waals surface area contributed by atoms with Gasteiger partial charge in [0.1, 0.15) is 10.7 Å². The van der Waals surface area contributed by atoms with E-state index in [2.05, 4.69) is 4.72 Å². The Morgan fingerprint density at radius 1 is 1.50 bits per heavy atom. The van der Waals surface area contributed by atoms with Crippen molar-refractivity contribution in [3.8, 4) is 0 Å². The second kappa shape index (κ2) is 3.71. The summed E-state index contributed by atoms with van der Waals surface area (Å²) in [6.07, 6.45) is 0.785. The fourth-order valence-corrected chi connectivity index (χ4v) is 3.10. The van der Waals surface area contributed by atoms with Crippen LogP contribution in [0.5, 0.6) is 0 Å². The van der Waals surface area contributed by atoms with Gasteiger partial charge in [-0.3, -0.25) is 0 Å². The molecular weight excluding hydrogens is 231 g/mol. The van der Waals surface area contributed by atoms with E-state index in [4.69, 9.17) is 5.73 Å². The number of benzene rings is 1. The molecule has 0 radical (unpaired) electrons. The lowest BCUT2D eigenvalue weighted by Crippen LogP contribution is -2.28. The molecule has 1 aromatic carbocycles. The highest BCUT2D eigenvalue weighted by atomic mass is 32.2. The monoisotopic (exact) mass is 244 g/mol. The van der Waals surface area contributed by atoms with E-state index < -0.39 is 20.7 Å². The summed E-state index contributed by atoms with van der Waals surface area (Å²) in [5, 5.41) is 0. The largest absolute Gasteiger partial charge is 0.398 e. The van der Waals surface area contributed by atoms with Gasteiger partial charge in [0.2, 0.25) is 10.0 Å². The molecule has 1 aromatic rings. The Bertz CT molecular complexity index is 495. The number of hydrogen-bond acceptors (Lipinski definition) is 3. The number of halogens is 1. The van der Waals surface area contributed by atoms with E-state index in [1.807, 2.05) is 6.92 Å². The third kappa shape index (κ3) is 2.03. The van der Waals surface area contributed by atoms with Crippen LogP contribution in [0.4, 0.5) is 10.1 Å². The smallest absolute Gasteiger partial charge is 0.245 e. The first kappa shape index (κ1) is 11.3. The van der Waals surface area contributed by atoms with E-state index in [-0.39, 0.29) is 11.7 Å². The van der Waals surface area contributed by atoms with Crippen LogP contribution in [0.3, 0.4) is 0 Å². The van der Waals surface area contributed by atoms with Crippen molar-refractivity contribution in [1.29, 1.82) is 0 Å². The number of rotatable bonds is 3. The maximum atomic E-state index is 13.4. The highest BCUT2D eigenvalue weighted by Crippen LogP contribution is 2.32. The summed E-state index contributed by atoms with van der Waals surface area (Å²) in [4.78, 5) is -0.450. The summed E-state index contributed by atoms with van der Waals surface area (Å²) in [6.45, 7) is 1.93. The average Bonchev–Trinajstić information content (AvgIpc) is 2.79. The van der Waals surface area contributed by atoms with Crippen LogP contribution in [0.1, 0.15) is 13.3 Å². The molecular formula is C10H13FN2O2S. The molecule has 0 amide bonds. The van der Waals surface area contributed by atoms with Crippen LogP contribution in [0.2, 0.25) is 0 Å². The van der Waals surface area contributed by atoms with Crippen LogP contribution in [-0.4, -0.2) is 14.5 Å². The molecule has 1 aliphatic rings. The maximum absolute atomic E-state index is 13.4. The molecule has 0 spiro atoms. The van der Waals surface area contributed by atoms with Crippen LogP contribution in [-0.2, 0) is 10.0 Å². The number of nitrogens with two attached hydrogens (primary N) is 1. The predicted octanol–water partition coefficient (Wildman–Crippen LogP) is 1.09. The van der Waals surface area contributed by atoms with Gasteiger partial charge in [-0.15, -0.1) is 0 Å². The van der Waals surface area contributed by atoms with Gasteiger partial charge in [-0.2, -0.15) is 0 Å². The highest BCUT2D eigenvalue weighted by Gasteiger charge is 2.37. The topological polar surface area (TPSA) is 72.2 Å². The van der Waals surface area contributed by atoms with Gasteiger partial charge in [0.15, 0.2) is 0 Å². The first-order valence-electron chi connectivity index (χ1n) is 4.98. The first-order chi connectivity index (χ1) is 7.42. The molecule has 0 aliphatic heterocycles. The van der Waals surface area contributed by atoms with Crippen LogP contribution in [0.15, 0.2) is 23.1 Å². The Kier molecular flexibility index (Phi) is 2.63. The predicted molar refractivity (Wildman–Crippen MR) is 58.7 cm³/mol. The van der Waals surface area contributed by atoms with Gasteiger partial charge in [0, 0.05) is 6.04 Å². The summed E-state index contributed by atoms with van der Waals surface area (Å²) < 4.78 is 39.5. The highest BCUT2D eigenvalue weighted by molar-refractivity contribution is 7.89. The molecule has 4 nitrogen and oxygen atoms in total. The van der Waals surface area contributed by atoms with E-state index in [0.29, 0.717) is 5.92 Å². The number of nitrogens with one attached hydrogen (secondary N) is 1. The van der Waals surface area contributed by atoms with Crippen molar-refractivity contribution >= 4 is 15.7 Å². The SMILES string of the molecule is CC1CC1NS(=O)(=O)c1c(N)cccc1F. The van der Waals surface area contributed by atoms with Gasteiger partial charge in [-0.05, 0) is 24.5 Å². The zero-order valence-corrected chi connectivity index (χ0v) is 9.59. The molecule has 1 saturated carbocycles. The number of sulfonamides is 1. The summed E-state index contributed by atoms with van der Waals surface area (Å²) >= 11 is 0. The quantitative estimate of drug-likeness (QED) is 0.782. The van der Waals surface area contributed by atoms with Crippen molar-refractivity contribution in [2.45, 2.75) is 24.3 Å². The van der Waals surface area contributed by atoms with Crippen molar-refractivity contribution < 1.29 is 12.8 Å². The van der Waals surface area contributed by atoms with Crippen molar-refractivity contribution in [1.82, 2.24) is 4.72 Å². The number of hydrogen-bond donors (Lipinski definition) is 2. The average molecular weight is 244 g/mol. The minimum atomic E-state index is -3.84. The lowest BCUT2D eigenvalue weighted by molar-refractivity contribution is 0.556. The zero-order valence-electron chi connectivity index (χ0n) is 8.77. The lowest BCUT2D eigenvalue weighted by atomic mass is 10.3. The second-order valence-electron chi connectivity index (χ2n) is 4.10. The molecule has 16 heavy (non-hydrogen) atoms. The maximum Gasteiger partial charge on any atom is 0.245 e. The molecule has 88 valence electrons. The molecule has 1 fully saturated rings. The molecule has 0 bridgehead atoms. The van der Waals surface area contributed by atoms with Crippen molar-refractivity contribution in [3.63, 3.8) is 0 Å². The number of nitrogen functional groups attached to an aromatic ring is 1. The molecule has 6 heteroatoms. The van der Waals surface area contributed by atoms with Crippen LogP contribution < -0.4 is 10.5 Å². The van der Waals surface area contributed by atoms with E-state index >= 15 is 0 Å².